The molecule has 0 aliphatic carbocycles. The molecule has 0 saturated carbocycles. The van der Waals surface area contributed by atoms with Crippen LogP contribution in [0.3, 0.4) is 0 Å². The Morgan fingerprint density at radius 2 is 2.33 bits per heavy atom. The van der Waals surface area contributed by atoms with E-state index in [1.54, 1.807) is 0 Å². The Hall–Kier alpha value is -1.46. The van der Waals surface area contributed by atoms with Crippen molar-refractivity contribution in [2.75, 3.05) is 24.6 Å². The number of hydrogen-bond acceptors (Lipinski definition) is 4. The third-order valence-electron chi connectivity index (χ3n) is 3.60. The molecule has 2 heterocycles. The summed E-state index contributed by atoms with van der Waals surface area (Å²) in [7, 11) is 0. The number of furan rings is 1. The minimum atomic E-state index is 0.117. The van der Waals surface area contributed by atoms with E-state index in [-0.39, 0.29) is 5.91 Å². The maximum atomic E-state index is 11.9. The zero-order valence-corrected chi connectivity index (χ0v) is 12.7. The smallest absolute Gasteiger partial charge is 0.221 e. The first-order chi connectivity index (χ1) is 10.3. The molecule has 1 saturated heterocycles. The van der Waals surface area contributed by atoms with E-state index in [0.717, 1.165) is 41.2 Å². The van der Waals surface area contributed by atoms with Crippen LogP contribution in [0.4, 0.5) is 0 Å². The van der Waals surface area contributed by atoms with Crippen molar-refractivity contribution in [1.29, 1.82) is 0 Å². The van der Waals surface area contributed by atoms with Gasteiger partial charge in [0.25, 0.3) is 0 Å². The van der Waals surface area contributed by atoms with Crippen molar-refractivity contribution in [3.05, 3.63) is 36.1 Å². The van der Waals surface area contributed by atoms with E-state index in [9.17, 15) is 4.79 Å². The molecule has 1 aromatic carbocycles. The maximum absolute atomic E-state index is 11.9. The molecule has 4 nitrogen and oxygen atoms in total. The van der Waals surface area contributed by atoms with Gasteiger partial charge in [0, 0.05) is 48.9 Å². The van der Waals surface area contributed by atoms with Gasteiger partial charge in [0.1, 0.15) is 11.3 Å². The number of rotatable bonds is 5. The summed E-state index contributed by atoms with van der Waals surface area (Å²) in [5.41, 5.74) is 0.905. The van der Waals surface area contributed by atoms with E-state index in [0.29, 0.717) is 19.0 Å². The van der Waals surface area contributed by atoms with Gasteiger partial charge in [-0.1, -0.05) is 18.2 Å². The van der Waals surface area contributed by atoms with Gasteiger partial charge in [-0.3, -0.25) is 4.79 Å². The molecular formula is C16H20N2O2S. The van der Waals surface area contributed by atoms with Crippen LogP contribution in [-0.2, 0) is 11.2 Å². The lowest BCUT2D eigenvalue weighted by Gasteiger charge is -2.22. The highest BCUT2D eigenvalue weighted by Crippen LogP contribution is 2.18. The number of amides is 1. The highest BCUT2D eigenvalue weighted by molar-refractivity contribution is 7.99. The van der Waals surface area contributed by atoms with Gasteiger partial charge in [-0.05, 0) is 12.1 Å². The average molecular weight is 304 g/mol. The van der Waals surface area contributed by atoms with Gasteiger partial charge < -0.3 is 15.1 Å². The number of carbonyl (C=O) groups is 1. The molecule has 21 heavy (non-hydrogen) atoms. The highest BCUT2D eigenvalue weighted by Gasteiger charge is 2.16. The topological polar surface area (TPSA) is 54.3 Å². The molecule has 1 aliphatic rings. The van der Waals surface area contributed by atoms with E-state index < -0.39 is 0 Å². The first kappa shape index (κ1) is 14.5. The second-order valence-electron chi connectivity index (χ2n) is 5.28. The Morgan fingerprint density at radius 3 is 3.14 bits per heavy atom. The molecular weight excluding hydrogens is 284 g/mol. The number of para-hydroxylation sites is 1. The molecule has 1 fully saturated rings. The van der Waals surface area contributed by atoms with Crippen LogP contribution in [0.15, 0.2) is 34.7 Å². The molecule has 2 aromatic rings. The Balaban J connectivity index is 1.43. The van der Waals surface area contributed by atoms with Crippen molar-refractivity contribution >= 4 is 28.6 Å². The molecule has 0 radical (unpaired) electrons. The summed E-state index contributed by atoms with van der Waals surface area (Å²) in [6, 6.07) is 10.3. The van der Waals surface area contributed by atoms with Gasteiger partial charge >= 0.3 is 0 Å². The molecule has 1 atom stereocenters. The molecule has 1 aliphatic heterocycles. The molecule has 0 spiro atoms. The number of fused-ring (bicyclic) bond motifs is 1. The lowest BCUT2D eigenvalue weighted by molar-refractivity contribution is -0.121. The third-order valence-corrected chi connectivity index (χ3v) is 4.73. The Labute approximate surface area is 128 Å². The number of nitrogens with one attached hydrogen (secondary N) is 2. The van der Waals surface area contributed by atoms with E-state index in [2.05, 4.69) is 10.6 Å². The fourth-order valence-corrected chi connectivity index (χ4v) is 3.48. The lowest BCUT2D eigenvalue weighted by Crippen LogP contribution is -2.41. The van der Waals surface area contributed by atoms with Crippen molar-refractivity contribution in [3.63, 3.8) is 0 Å². The SMILES string of the molecule is O=C(CC1CSCCN1)NCCc1cc2ccccc2o1. The van der Waals surface area contributed by atoms with Crippen molar-refractivity contribution in [1.82, 2.24) is 10.6 Å². The van der Waals surface area contributed by atoms with E-state index in [1.807, 2.05) is 42.1 Å². The first-order valence-electron chi connectivity index (χ1n) is 7.36. The van der Waals surface area contributed by atoms with E-state index in [1.165, 1.54) is 0 Å². The summed E-state index contributed by atoms with van der Waals surface area (Å²) in [6.45, 7) is 1.63. The van der Waals surface area contributed by atoms with Crippen LogP contribution < -0.4 is 10.6 Å². The lowest BCUT2D eigenvalue weighted by atomic mass is 10.2. The van der Waals surface area contributed by atoms with Crippen LogP contribution in [0.1, 0.15) is 12.2 Å². The predicted octanol–water partition coefficient (Wildman–Crippen LogP) is 2.19. The fraction of sp³-hybridized carbons (Fsp3) is 0.438. The largest absolute Gasteiger partial charge is 0.461 e. The minimum Gasteiger partial charge on any atom is -0.461 e. The zero-order chi connectivity index (χ0) is 14.5. The fourth-order valence-electron chi connectivity index (χ4n) is 2.53. The van der Waals surface area contributed by atoms with Gasteiger partial charge in [-0.15, -0.1) is 0 Å². The molecule has 3 rings (SSSR count). The summed E-state index contributed by atoms with van der Waals surface area (Å²) in [5, 5.41) is 7.46. The summed E-state index contributed by atoms with van der Waals surface area (Å²) in [4.78, 5) is 11.9. The van der Waals surface area contributed by atoms with Crippen molar-refractivity contribution in [2.24, 2.45) is 0 Å². The number of benzene rings is 1. The second-order valence-corrected chi connectivity index (χ2v) is 6.43. The van der Waals surface area contributed by atoms with Crippen LogP contribution >= 0.6 is 11.8 Å². The predicted molar refractivity (Wildman–Crippen MR) is 86.7 cm³/mol. The quantitative estimate of drug-likeness (QED) is 0.889. The van der Waals surface area contributed by atoms with Gasteiger partial charge in [-0.2, -0.15) is 11.8 Å². The van der Waals surface area contributed by atoms with Crippen LogP contribution in [0.5, 0.6) is 0 Å². The molecule has 1 unspecified atom stereocenters. The van der Waals surface area contributed by atoms with Gasteiger partial charge in [0.15, 0.2) is 0 Å². The average Bonchev–Trinajstić information content (AvgIpc) is 2.91. The second kappa shape index (κ2) is 7.00. The highest BCUT2D eigenvalue weighted by atomic mass is 32.2. The minimum absolute atomic E-state index is 0.117. The van der Waals surface area contributed by atoms with Crippen LogP contribution in [-0.4, -0.2) is 36.5 Å². The summed E-state index contributed by atoms with van der Waals surface area (Å²) >= 11 is 1.91. The van der Waals surface area contributed by atoms with Crippen LogP contribution in [0.2, 0.25) is 0 Å². The van der Waals surface area contributed by atoms with Crippen LogP contribution in [0.25, 0.3) is 11.0 Å². The van der Waals surface area contributed by atoms with Gasteiger partial charge in [0.2, 0.25) is 5.91 Å². The number of thioether (sulfide) groups is 1. The molecule has 0 bridgehead atoms. The van der Waals surface area contributed by atoms with Crippen molar-refractivity contribution in [3.8, 4) is 0 Å². The molecule has 1 amide bonds. The molecule has 2 N–H and O–H groups in total. The maximum Gasteiger partial charge on any atom is 0.221 e. The Morgan fingerprint density at radius 1 is 1.43 bits per heavy atom. The molecule has 5 heteroatoms. The van der Waals surface area contributed by atoms with Crippen molar-refractivity contribution < 1.29 is 9.21 Å². The van der Waals surface area contributed by atoms with E-state index in [4.69, 9.17) is 4.42 Å². The van der Waals surface area contributed by atoms with Gasteiger partial charge in [-0.25, -0.2) is 0 Å². The molecule has 112 valence electrons. The van der Waals surface area contributed by atoms with Gasteiger partial charge in [0.05, 0.1) is 0 Å². The zero-order valence-electron chi connectivity index (χ0n) is 11.9. The normalized spacial score (nSPS) is 18.8. The van der Waals surface area contributed by atoms with E-state index >= 15 is 0 Å². The standard InChI is InChI=1S/C16H20N2O2S/c19-16(10-13-11-21-8-7-17-13)18-6-5-14-9-12-3-1-2-4-15(12)20-14/h1-4,9,13,17H,5-8,10-11H2,(H,18,19). The Bertz CT molecular complexity index is 572. The summed E-state index contributed by atoms with van der Waals surface area (Å²) in [5.74, 6) is 3.20. The number of hydrogen-bond donors (Lipinski definition) is 2. The first-order valence-corrected chi connectivity index (χ1v) is 8.52. The number of carbonyl (C=O) groups excluding carboxylic acids is 1. The summed E-state index contributed by atoms with van der Waals surface area (Å²) in [6.07, 6.45) is 1.29. The summed E-state index contributed by atoms with van der Waals surface area (Å²) < 4.78 is 5.73. The van der Waals surface area contributed by atoms with Crippen molar-refractivity contribution in [2.45, 2.75) is 18.9 Å². The van der Waals surface area contributed by atoms with Crippen LogP contribution in [0, 0.1) is 0 Å². The molecule has 1 aromatic heterocycles. The monoisotopic (exact) mass is 304 g/mol. The third kappa shape index (κ3) is 4.02. The Kier molecular flexibility index (Phi) is 4.83.